The normalized spacial score (nSPS) is 23.9. The molecule has 1 heterocycles. The van der Waals surface area contributed by atoms with Gasteiger partial charge in [-0.25, -0.2) is 0 Å². The molecular weight excluding hydrogens is 220 g/mol. The minimum Gasteiger partial charge on any atom is -0.382 e. The first-order chi connectivity index (χ1) is 8.27. The van der Waals surface area contributed by atoms with Gasteiger partial charge < -0.3 is 20.5 Å². The molecule has 1 saturated heterocycles. The van der Waals surface area contributed by atoms with Crippen LogP contribution in [-0.4, -0.2) is 44.4 Å². The molecule has 0 aliphatic carbocycles. The van der Waals surface area contributed by atoms with Crippen LogP contribution in [0.2, 0.25) is 0 Å². The first kappa shape index (κ1) is 14.4. The van der Waals surface area contributed by atoms with Crippen molar-refractivity contribution in [2.24, 2.45) is 5.73 Å². The van der Waals surface area contributed by atoms with E-state index >= 15 is 0 Å². The highest BCUT2D eigenvalue weighted by Gasteiger charge is 2.29. The van der Waals surface area contributed by atoms with Gasteiger partial charge in [0.2, 0.25) is 5.91 Å². The fourth-order valence-electron chi connectivity index (χ4n) is 1.87. The van der Waals surface area contributed by atoms with Crippen molar-refractivity contribution in [1.29, 1.82) is 0 Å². The molecule has 1 amide bonds. The average Bonchev–Trinajstić information content (AvgIpc) is 2.82. The molecule has 100 valence electrons. The van der Waals surface area contributed by atoms with Crippen molar-refractivity contribution in [2.45, 2.75) is 44.8 Å². The minimum atomic E-state index is -0.296. The molecule has 1 rings (SSSR count). The Balaban J connectivity index is 2.01. The Kier molecular flexibility index (Phi) is 7.16. The van der Waals surface area contributed by atoms with Crippen molar-refractivity contribution in [1.82, 2.24) is 5.32 Å². The van der Waals surface area contributed by atoms with Crippen LogP contribution in [0.5, 0.6) is 0 Å². The van der Waals surface area contributed by atoms with Gasteiger partial charge in [0.05, 0.1) is 6.10 Å². The van der Waals surface area contributed by atoms with E-state index in [2.05, 4.69) is 5.32 Å². The number of hydrogen-bond donors (Lipinski definition) is 2. The van der Waals surface area contributed by atoms with E-state index in [4.69, 9.17) is 15.2 Å². The van der Waals surface area contributed by atoms with E-state index in [0.29, 0.717) is 13.1 Å². The summed E-state index contributed by atoms with van der Waals surface area (Å²) in [6, 6.07) is 0. The highest BCUT2D eigenvalue weighted by molar-refractivity contribution is 5.80. The number of nitrogens with two attached hydrogens (primary N) is 1. The molecule has 5 heteroatoms. The second-order valence-electron chi connectivity index (χ2n) is 4.25. The molecule has 0 aromatic carbocycles. The average molecular weight is 244 g/mol. The largest absolute Gasteiger partial charge is 0.382 e. The SMILES string of the molecule is CCOCCCCNC(=O)[C@@H]1CC[C@H](CN)O1. The van der Waals surface area contributed by atoms with E-state index in [9.17, 15) is 4.79 Å². The zero-order valence-electron chi connectivity index (χ0n) is 10.6. The third-order valence-corrected chi connectivity index (χ3v) is 2.88. The molecule has 0 saturated carbocycles. The monoisotopic (exact) mass is 244 g/mol. The van der Waals surface area contributed by atoms with Crippen LogP contribution in [0.15, 0.2) is 0 Å². The van der Waals surface area contributed by atoms with Gasteiger partial charge in [-0.05, 0) is 32.6 Å². The lowest BCUT2D eigenvalue weighted by Gasteiger charge is -2.12. The van der Waals surface area contributed by atoms with E-state index < -0.39 is 0 Å². The van der Waals surface area contributed by atoms with Crippen LogP contribution in [-0.2, 0) is 14.3 Å². The molecule has 0 aromatic rings. The lowest BCUT2D eigenvalue weighted by Crippen LogP contribution is -2.36. The molecule has 0 bridgehead atoms. The number of hydrogen-bond acceptors (Lipinski definition) is 4. The number of rotatable bonds is 8. The minimum absolute atomic E-state index is 0.00244. The Hall–Kier alpha value is -0.650. The van der Waals surface area contributed by atoms with Gasteiger partial charge in [-0.2, -0.15) is 0 Å². The Labute approximate surface area is 103 Å². The second kappa shape index (κ2) is 8.44. The zero-order chi connectivity index (χ0) is 12.5. The summed E-state index contributed by atoms with van der Waals surface area (Å²) in [4.78, 5) is 11.7. The number of unbranched alkanes of at least 4 members (excludes halogenated alkanes) is 1. The summed E-state index contributed by atoms with van der Waals surface area (Å²) in [7, 11) is 0. The predicted octanol–water partition coefficient (Wildman–Crippen LogP) is 0.426. The Morgan fingerprint density at radius 1 is 1.47 bits per heavy atom. The molecule has 1 fully saturated rings. The molecule has 1 aliphatic heterocycles. The summed E-state index contributed by atoms with van der Waals surface area (Å²) in [5, 5.41) is 2.89. The summed E-state index contributed by atoms with van der Waals surface area (Å²) < 4.78 is 10.7. The molecule has 2 atom stereocenters. The summed E-state index contributed by atoms with van der Waals surface area (Å²) >= 11 is 0. The summed E-state index contributed by atoms with van der Waals surface area (Å²) in [6.07, 6.45) is 3.36. The standard InChI is InChI=1S/C12H24N2O3/c1-2-16-8-4-3-7-14-12(15)11-6-5-10(9-13)17-11/h10-11H,2-9,13H2,1H3,(H,14,15)/t10-,11+/m1/s1. The van der Waals surface area contributed by atoms with E-state index in [1.807, 2.05) is 6.92 Å². The summed E-state index contributed by atoms with van der Waals surface area (Å²) in [5.41, 5.74) is 5.49. The molecule has 5 nitrogen and oxygen atoms in total. The third-order valence-electron chi connectivity index (χ3n) is 2.88. The van der Waals surface area contributed by atoms with Gasteiger partial charge in [-0.3, -0.25) is 4.79 Å². The maximum atomic E-state index is 11.7. The number of carbonyl (C=O) groups is 1. The van der Waals surface area contributed by atoms with Crippen molar-refractivity contribution in [2.75, 3.05) is 26.3 Å². The van der Waals surface area contributed by atoms with Crippen molar-refractivity contribution in [3.63, 3.8) is 0 Å². The van der Waals surface area contributed by atoms with Crippen LogP contribution in [0.3, 0.4) is 0 Å². The van der Waals surface area contributed by atoms with Crippen LogP contribution in [0.4, 0.5) is 0 Å². The van der Waals surface area contributed by atoms with Crippen LogP contribution in [0.25, 0.3) is 0 Å². The van der Waals surface area contributed by atoms with Gasteiger partial charge in [0.15, 0.2) is 0 Å². The molecule has 0 spiro atoms. The fraction of sp³-hybridized carbons (Fsp3) is 0.917. The van der Waals surface area contributed by atoms with Gasteiger partial charge in [-0.1, -0.05) is 0 Å². The first-order valence-electron chi connectivity index (χ1n) is 6.49. The van der Waals surface area contributed by atoms with Crippen molar-refractivity contribution < 1.29 is 14.3 Å². The van der Waals surface area contributed by atoms with Crippen LogP contribution in [0.1, 0.15) is 32.6 Å². The van der Waals surface area contributed by atoms with Crippen LogP contribution < -0.4 is 11.1 Å². The van der Waals surface area contributed by atoms with Crippen LogP contribution in [0, 0.1) is 0 Å². The van der Waals surface area contributed by atoms with Gasteiger partial charge in [0.25, 0.3) is 0 Å². The smallest absolute Gasteiger partial charge is 0.249 e. The van der Waals surface area contributed by atoms with E-state index in [1.165, 1.54) is 0 Å². The van der Waals surface area contributed by atoms with Crippen molar-refractivity contribution in [3.05, 3.63) is 0 Å². The maximum Gasteiger partial charge on any atom is 0.249 e. The second-order valence-corrected chi connectivity index (χ2v) is 4.25. The Morgan fingerprint density at radius 2 is 2.29 bits per heavy atom. The van der Waals surface area contributed by atoms with Crippen molar-refractivity contribution >= 4 is 5.91 Å². The molecular formula is C12H24N2O3. The molecule has 0 unspecified atom stereocenters. The van der Waals surface area contributed by atoms with Crippen LogP contribution >= 0.6 is 0 Å². The van der Waals surface area contributed by atoms with E-state index in [-0.39, 0.29) is 18.1 Å². The number of nitrogens with one attached hydrogen (secondary N) is 1. The molecule has 0 aromatic heterocycles. The lowest BCUT2D eigenvalue weighted by molar-refractivity contribution is -0.131. The number of carbonyl (C=O) groups excluding carboxylic acids is 1. The number of ether oxygens (including phenoxy) is 2. The quantitative estimate of drug-likeness (QED) is 0.607. The Bertz CT molecular complexity index is 224. The molecule has 3 N–H and O–H groups in total. The highest BCUT2D eigenvalue weighted by Crippen LogP contribution is 2.18. The van der Waals surface area contributed by atoms with Gasteiger partial charge >= 0.3 is 0 Å². The number of amides is 1. The van der Waals surface area contributed by atoms with Gasteiger partial charge in [0, 0.05) is 26.3 Å². The molecule has 1 aliphatic rings. The van der Waals surface area contributed by atoms with E-state index in [1.54, 1.807) is 0 Å². The van der Waals surface area contributed by atoms with Gasteiger partial charge in [-0.15, -0.1) is 0 Å². The lowest BCUT2D eigenvalue weighted by atomic mass is 10.2. The van der Waals surface area contributed by atoms with Gasteiger partial charge in [0.1, 0.15) is 6.10 Å². The molecule has 0 radical (unpaired) electrons. The Morgan fingerprint density at radius 3 is 2.94 bits per heavy atom. The summed E-state index contributed by atoms with van der Waals surface area (Å²) in [5.74, 6) is -0.00244. The fourth-order valence-corrected chi connectivity index (χ4v) is 1.87. The first-order valence-corrected chi connectivity index (χ1v) is 6.49. The summed E-state index contributed by atoms with van der Waals surface area (Å²) in [6.45, 7) is 4.69. The third kappa shape index (κ3) is 5.48. The topological polar surface area (TPSA) is 73.6 Å². The zero-order valence-corrected chi connectivity index (χ0v) is 10.6. The van der Waals surface area contributed by atoms with E-state index in [0.717, 1.165) is 38.9 Å². The highest BCUT2D eigenvalue weighted by atomic mass is 16.5. The van der Waals surface area contributed by atoms with Crippen molar-refractivity contribution in [3.8, 4) is 0 Å². The maximum absolute atomic E-state index is 11.7. The predicted molar refractivity (Wildman–Crippen MR) is 65.7 cm³/mol. The molecule has 17 heavy (non-hydrogen) atoms.